The molecule has 0 amide bonds. The molecule has 0 N–H and O–H groups in total. The molecule has 0 aromatic carbocycles. The Bertz CT molecular complexity index is 402. The van der Waals surface area contributed by atoms with Crippen LogP contribution in [0.25, 0.3) is 5.65 Å². The summed E-state index contributed by atoms with van der Waals surface area (Å²) in [5.74, 6) is 0. The van der Waals surface area contributed by atoms with E-state index in [1.165, 1.54) is 5.56 Å². The molecule has 0 aliphatic carbocycles. The maximum Gasteiger partial charge on any atom is 0.137 e. The molecule has 2 heterocycles. The third kappa shape index (κ3) is 3.69. The molecule has 0 radical (unpaired) electrons. The van der Waals surface area contributed by atoms with Crippen LogP contribution >= 0.6 is 0 Å². The van der Waals surface area contributed by atoms with Crippen LogP contribution in [0.2, 0.25) is 0 Å². The minimum absolute atomic E-state index is 1.00. The zero-order chi connectivity index (χ0) is 12.6. The lowest BCUT2D eigenvalue weighted by atomic mass is 10.3. The molecule has 0 fully saturated rings. The molecular weight excluding hydrogens is 196 g/mol. The van der Waals surface area contributed by atoms with Gasteiger partial charge in [-0.2, -0.15) is 0 Å². The molecule has 0 atom stereocenters. The Morgan fingerprint density at radius 3 is 2.38 bits per heavy atom. The lowest BCUT2D eigenvalue weighted by Gasteiger charge is -1.92. The standard InChI is InChI=1S/C10H12N2.2C2H6/c1-3-9-7-12-5-4-8(2)6-10(12)11-9;2*1-2/h4-7H,3H2,1-2H3;2*1-2H3. The van der Waals surface area contributed by atoms with Crippen LogP contribution < -0.4 is 0 Å². The van der Waals surface area contributed by atoms with E-state index in [0.717, 1.165) is 17.8 Å². The van der Waals surface area contributed by atoms with Crippen molar-refractivity contribution in [1.29, 1.82) is 0 Å². The highest BCUT2D eigenvalue weighted by Gasteiger charge is 1.97. The molecular formula is C14H24N2. The number of imidazole rings is 1. The normalized spacial score (nSPS) is 8.88. The number of aryl methyl sites for hydroxylation is 2. The number of hydrogen-bond donors (Lipinski definition) is 0. The number of hydrogen-bond acceptors (Lipinski definition) is 1. The first kappa shape index (κ1) is 14.7. The fourth-order valence-electron chi connectivity index (χ4n) is 1.31. The fourth-order valence-corrected chi connectivity index (χ4v) is 1.31. The van der Waals surface area contributed by atoms with Gasteiger partial charge in [-0.1, -0.05) is 34.6 Å². The van der Waals surface area contributed by atoms with Crippen molar-refractivity contribution in [2.45, 2.75) is 48.0 Å². The predicted octanol–water partition coefficient (Wildman–Crippen LogP) is 4.26. The monoisotopic (exact) mass is 220 g/mol. The average Bonchev–Trinajstić information content (AvgIpc) is 2.76. The first-order chi connectivity index (χ1) is 7.79. The predicted molar refractivity (Wildman–Crippen MR) is 72.0 cm³/mol. The summed E-state index contributed by atoms with van der Waals surface area (Å²) in [6.07, 6.45) is 5.13. The SMILES string of the molecule is CC.CC.CCc1cn2ccc(C)cc2n1. The highest BCUT2D eigenvalue weighted by atomic mass is 15.0. The van der Waals surface area contributed by atoms with E-state index in [4.69, 9.17) is 0 Å². The molecule has 0 saturated carbocycles. The summed E-state index contributed by atoms with van der Waals surface area (Å²) >= 11 is 0. The van der Waals surface area contributed by atoms with E-state index in [9.17, 15) is 0 Å². The lowest BCUT2D eigenvalue weighted by Crippen LogP contribution is -1.81. The van der Waals surface area contributed by atoms with E-state index in [-0.39, 0.29) is 0 Å². The third-order valence-corrected chi connectivity index (χ3v) is 2.03. The largest absolute Gasteiger partial charge is 0.307 e. The maximum absolute atomic E-state index is 4.46. The summed E-state index contributed by atoms with van der Waals surface area (Å²) in [5, 5.41) is 0. The molecule has 0 aliphatic heterocycles. The number of aromatic nitrogens is 2. The second kappa shape index (κ2) is 7.91. The van der Waals surface area contributed by atoms with Gasteiger partial charge in [0.2, 0.25) is 0 Å². The number of nitrogens with zero attached hydrogens (tertiary/aromatic N) is 2. The van der Waals surface area contributed by atoms with Gasteiger partial charge in [0.25, 0.3) is 0 Å². The van der Waals surface area contributed by atoms with Crippen LogP contribution in [0.5, 0.6) is 0 Å². The first-order valence-electron chi connectivity index (χ1n) is 6.24. The van der Waals surface area contributed by atoms with Crippen molar-refractivity contribution in [1.82, 2.24) is 9.38 Å². The van der Waals surface area contributed by atoms with Gasteiger partial charge in [-0.3, -0.25) is 0 Å². The zero-order valence-corrected chi connectivity index (χ0v) is 11.4. The van der Waals surface area contributed by atoms with Gasteiger partial charge in [0.05, 0.1) is 5.69 Å². The molecule has 2 rings (SSSR count). The second-order valence-corrected chi connectivity index (χ2v) is 3.06. The van der Waals surface area contributed by atoms with Crippen LogP contribution in [0.1, 0.15) is 45.9 Å². The van der Waals surface area contributed by atoms with Crippen LogP contribution in [0.3, 0.4) is 0 Å². The summed E-state index contributed by atoms with van der Waals surface area (Å²) in [4.78, 5) is 4.46. The van der Waals surface area contributed by atoms with Gasteiger partial charge in [0.1, 0.15) is 5.65 Å². The number of rotatable bonds is 1. The summed E-state index contributed by atoms with van der Waals surface area (Å²) < 4.78 is 2.06. The topological polar surface area (TPSA) is 17.3 Å². The minimum Gasteiger partial charge on any atom is -0.307 e. The van der Waals surface area contributed by atoms with Gasteiger partial charge in [-0.25, -0.2) is 4.98 Å². The quantitative estimate of drug-likeness (QED) is 0.702. The van der Waals surface area contributed by atoms with Crippen molar-refractivity contribution in [3.63, 3.8) is 0 Å². The average molecular weight is 220 g/mol. The molecule has 0 bridgehead atoms. The Kier molecular flexibility index (Phi) is 7.27. The third-order valence-electron chi connectivity index (χ3n) is 2.03. The molecule has 2 aromatic rings. The summed E-state index contributed by atoms with van der Waals surface area (Å²) in [6, 6.07) is 4.19. The van der Waals surface area contributed by atoms with Gasteiger partial charge in [0, 0.05) is 12.4 Å². The molecule has 0 saturated heterocycles. The van der Waals surface area contributed by atoms with Crippen molar-refractivity contribution >= 4 is 5.65 Å². The van der Waals surface area contributed by atoms with Crippen molar-refractivity contribution in [2.24, 2.45) is 0 Å². The molecule has 2 heteroatoms. The van der Waals surface area contributed by atoms with Gasteiger partial charge in [-0.15, -0.1) is 0 Å². The molecule has 0 spiro atoms. The maximum atomic E-state index is 4.46. The molecule has 16 heavy (non-hydrogen) atoms. The van der Waals surface area contributed by atoms with Crippen LogP contribution in [-0.4, -0.2) is 9.38 Å². The summed E-state index contributed by atoms with van der Waals surface area (Å²) in [6.45, 7) is 12.2. The molecule has 90 valence electrons. The van der Waals surface area contributed by atoms with E-state index in [1.807, 2.05) is 27.7 Å². The molecule has 2 aromatic heterocycles. The Hall–Kier alpha value is -1.31. The minimum atomic E-state index is 1.00. The van der Waals surface area contributed by atoms with Crippen molar-refractivity contribution in [3.05, 3.63) is 35.8 Å². The van der Waals surface area contributed by atoms with E-state index >= 15 is 0 Å². The van der Waals surface area contributed by atoms with Gasteiger partial charge in [0.15, 0.2) is 0 Å². The van der Waals surface area contributed by atoms with Gasteiger partial charge >= 0.3 is 0 Å². The lowest BCUT2D eigenvalue weighted by molar-refractivity contribution is 1.07. The summed E-state index contributed by atoms with van der Waals surface area (Å²) in [5.41, 5.74) is 3.46. The number of pyridine rings is 1. The summed E-state index contributed by atoms with van der Waals surface area (Å²) in [7, 11) is 0. The smallest absolute Gasteiger partial charge is 0.137 e. The van der Waals surface area contributed by atoms with Gasteiger partial charge < -0.3 is 4.40 Å². The Morgan fingerprint density at radius 1 is 1.19 bits per heavy atom. The van der Waals surface area contributed by atoms with Crippen molar-refractivity contribution < 1.29 is 0 Å². The fraction of sp³-hybridized carbons (Fsp3) is 0.500. The highest BCUT2D eigenvalue weighted by molar-refractivity contribution is 5.42. The number of fused-ring (bicyclic) bond motifs is 1. The van der Waals surface area contributed by atoms with Crippen LogP contribution in [-0.2, 0) is 6.42 Å². The zero-order valence-electron chi connectivity index (χ0n) is 11.4. The van der Waals surface area contributed by atoms with Crippen LogP contribution in [0, 0.1) is 6.92 Å². The van der Waals surface area contributed by atoms with E-state index < -0.39 is 0 Å². The van der Waals surface area contributed by atoms with Crippen LogP contribution in [0.4, 0.5) is 0 Å². The van der Waals surface area contributed by atoms with Crippen molar-refractivity contribution in [2.75, 3.05) is 0 Å². The Morgan fingerprint density at radius 2 is 1.81 bits per heavy atom. The Balaban J connectivity index is 0.000000509. The second-order valence-electron chi connectivity index (χ2n) is 3.06. The Labute approximate surface area is 99.3 Å². The first-order valence-corrected chi connectivity index (χ1v) is 6.24. The van der Waals surface area contributed by atoms with Gasteiger partial charge in [-0.05, 0) is 31.0 Å². The molecule has 0 unspecified atom stereocenters. The van der Waals surface area contributed by atoms with Crippen molar-refractivity contribution in [3.8, 4) is 0 Å². The molecule has 0 aliphatic rings. The van der Waals surface area contributed by atoms with E-state index in [2.05, 4.69) is 47.8 Å². The molecule has 2 nitrogen and oxygen atoms in total. The van der Waals surface area contributed by atoms with E-state index in [0.29, 0.717) is 0 Å². The highest BCUT2D eigenvalue weighted by Crippen LogP contribution is 2.07. The van der Waals surface area contributed by atoms with E-state index in [1.54, 1.807) is 0 Å². The van der Waals surface area contributed by atoms with Crippen LogP contribution in [0.15, 0.2) is 24.5 Å².